The number of aryl methyl sites for hydroxylation is 1. The van der Waals surface area contributed by atoms with Gasteiger partial charge in [0.25, 0.3) is 5.91 Å². The molecule has 142 valence electrons. The Morgan fingerprint density at radius 3 is 2.70 bits per heavy atom. The van der Waals surface area contributed by atoms with Gasteiger partial charge >= 0.3 is 0 Å². The smallest absolute Gasteiger partial charge is 0.254 e. The minimum Gasteiger partial charge on any atom is -0.378 e. The number of carbonyl (C=O) groups excluding carboxylic acids is 1. The van der Waals surface area contributed by atoms with Crippen LogP contribution in [0.3, 0.4) is 0 Å². The average Bonchev–Trinajstić information content (AvgIpc) is 3.01. The molecule has 4 rings (SSSR count). The maximum absolute atomic E-state index is 13.4. The molecule has 1 aromatic carbocycles. The number of nitrogens with one attached hydrogen (secondary N) is 1. The summed E-state index contributed by atoms with van der Waals surface area (Å²) in [6.07, 6.45) is 0. The van der Waals surface area contributed by atoms with Crippen molar-refractivity contribution in [3.63, 3.8) is 0 Å². The normalized spacial score (nSPS) is 19.7. The first-order valence-corrected chi connectivity index (χ1v) is 9.44. The van der Waals surface area contributed by atoms with Crippen molar-refractivity contribution in [2.24, 2.45) is 0 Å². The number of nitrogens with zero attached hydrogens (tertiary/aromatic N) is 4. The van der Waals surface area contributed by atoms with Crippen LogP contribution in [0.15, 0.2) is 29.5 Å². The largest absolute Gasteiger partial charge is 0.378 e. The second kappa shape index (κ2) is 7.14. The number of allylic oxidation sites excluding steroid dienone is 1. The van der Waals surface area contributed by atoms with Crippen molar-refractivity contribution in [1.29, 1.82) is 0 Å². The average molecular weight is 408 g/mol. The Morgan fingerprint density at radius 2 is 2.00 bits per heavy atom. The number of fused-ring (bicyclic) bond motifs is 1. The molecule has 2 aliphatic rings. The Bertz CT molecular complexity index is 934. The first-order valence-electron chi connectivity index (χ1n) is 8.68. The van der Waals surface area contributed by atoms with Crippen LogP contribution in [0.5, 0.6) is 0 Å². The van der Waals surface area contributed by atoms with Gasteiger partial charge in [0, 0.05) is 34.4 Å². The highest BCUT2D eigenvalue weighted by Gasteiger charge is 2.37. The molecule has 1 saturated heterocycles. The highest BCUT2D eigenvalue weighted by molar-refractivity contribution is 6.35. The van der Waals surface area contributed by atoms with Gasteiger partial charge in [-0.1, -0.05) is 29.3 Å². The molecular formula is C18H19Cl2N5O2. The van der Waals surface area contributed by atoms with E-state index in [2.05, 4.69) is 15.4 Å². The zero-order valence-corrected chi connectivity index (χ0v) is 16.5. The number of anilines is 1. The van der Waals surface area contributed by atoms with E-state index in [0.717, 1.165) is 11.3 Å². The molecule has 1 amide bonds. The molecule has 0 unspecified atom stereocenters. The molecule has 0 aliphatic carbocycles. The summed E-state index contributed by atoms with van der Waals surface area (Å²) in [5.41, 5.74) is 2.09. The molecule has 0 spiro atoms. The summed E-state index contributed by atoms with van der Waals surface area (Å²) in [7, 11) is 0. The van der Waals surface area contributed by atoms with E-state index in [1.807, 2.05) is 19.9 Å². The van der Waals surface area contributed by atoms with Crippen molar-refractivity contribution in [1.82, 2.24) is 19.7 Å². The third-order valence-electron chi connectivity index (χ3n) is 4.74. The Hall–Kier alpha value is -2.09. The van der Waals surface area contributed by atoms with Crippen LogP contribution in [0.25, 0.3) is 0 Å². The molecule has 1 N–H and O–H groups in total. The van der Waals surface area contributed by atoms with Crippen LogP contribution >= 0.6 is 23.2 Å². The van der Waals surface area contributed by atoms with E-state index < -0.39 is 6.04 Å². The van der Waals surface area contributed by atoms with Gasteiger partial charge in [0.15, 0.2) is 0 Å². The van der Waals surface area contributed by atoms with E-state index in [4.69, 9.17) is 27.9 Å². The minimum absolute atomic E-state index is 0.0573. The number of rotatable bonds is 2. The highest BCUT2D eigenvalue weighted by atomic mass is 35.5. The number of benzene rings is 1. The minimum atomic E-state index is -0.484. The third-order valence-corrected chi connectivity index (χ3v) is 5.31. The van der Waals surface area contributed by atoms with Crippen molar-refractivity contribution in [3.05, 3.63) is 50.9 Å². The lowest BCUT2D eigenvalue weighted by Gasteiger charge is -2.34. The molecule has 1 aromatic heterocycles. The lowest BCUT2D eigenvalue weighted by Crippen LogP contribution is -2.44. The van der Waals surface area contributed by atoms with Gasteiger partial charge in [0.2, 0.25) is 5.95 Å². The summed E-state index contributed by atoms with van der Waals surface area (Å²) < 4.78 is 7.09. The molecule has 0 bridgehead atoms. The SMILES string of the molecule is CC1=C(C(=O)N2CCOCC2)[C@@H](c2ccc(Cl)cc2Cl)n2nc(C)nc2N1. The molecule has 2 aliphatic heterocycles. The van der Waals surface area contributed by atoms with Gasteiger partial charge in [-0.3, -0.25) is 4.79 Å². The van der Waals surface area contributed by atoms with Gasteiger partial charge in [0.1, 0.15) is 11.9 Å². The lowest BCUT2D eigenvalue weighted by molar-refractivity contribution is -0.131. The van der Waals surface area contributed by atoms with Crippen LogP contribution in [-0.2, 0) is 9.53 Å². The Kier molecular flexibility index (Phi) is 4.84. The van der Waals surface area contributed by atoms with Crippen LogP contribution in [-0.4, -0.2) is 51.9 Å². The van der Waals surface area contributed by atoms with Gasteiger partial charge in [-0.05, 0) is 26.0 Å². The third kappa shape index (κ3) is 3.31. The van der Waals surface area contributed by atoms with Crippen molar-refractivity contribution in [2.75, 3.05) is 31.6 Å². The number of aromatic nitrogens is 3. The van der Waals surface area contributed by atoms with E-state index >= 15 is 0 Å². The van der Waals surface area contributed by atoms with Gasteiger partial charge in [-0.25, -0.2) is 4.68 Å². The van der Waals surface area contributed by atoms with Crippen molar-refractivity contribution in [2.45, 2.75) is 19.9 Å². The van der Waals surface area contributed by atoms with E-state index in [1.165, 1.54) is 0 Å². The Labute approximate surface area is 166 Å². The summed E-state index contributed by atoms with van der Waals surface area (Å²) in [4.78, 5) is 19.6. The number of ether oxygens (including phenoxy) is 1. The first-order chi connectivity index (χ1) is 13.0. The topological polar surface area (TPSA) is 72.3 Å². The molecule has 9 heteroatoms. The van der Waals surface area contributed by atoms with Gasteiger partial charge in [-0.15, -0.1) is 0 Å². The summed E-state index contributed by atoms with van der Waals surface area (Å²) in [6, 6.07) is 4.79. The van der Waals surface area contributed by atoms with E-state index in [9.17, 15) is 4.79 Å². The molecule has 1 fully saturated rings. The summed E-state index contributed by atoms with van der Waals surface area (Å²) in [5.74, 6) is 1.14. The molecule has 3 heterocycles. The lowest BCUT2D eigenvalue weighted by atomic mass is 9.94. The van der Waals surface area contributed by atoms with Crippen molar-refractivity contribution < 1.29 is 9.53 Å². The van der Waals surface area contributed by atoms with Crippen LogP contribution < -0.4 is 5.32 Å². The molecule has 1 atom stereocenters. The summed E-state index contributed by atoms with van der Waals surface area (Å²) in [6.45, 7) is 5.86. The zero-order chi connectivity index (χ0) is 19.1. The second-order valence-corrected chi connectivity index (χ2v) is 7.41. The molecular weight excluding hydrogens is 389 g/mol. The van der Waals surface area contributed by atoms with E-state index in [0.29, 0.717) is 53.7 Å². The quantitative estimate of drug-likeness (QED) is 0.827. The number of hydrogen-bond acceptors (Lipinski definition) is 5. The Balaban J connectivity index is 1.85. The van der Waals surface area contributed by atoms with Gasteiger partial charge in [0.05, 0.1) is 18.8 Å². The monoisotopic (exact) mass is 407 g/mol. The van der Waals surface area contributed by atoms with Crippen molar-refractivity contribution >= 4 is 35.1 Å². The zero-order valence-electron chi connectivity index (χ0n) is 15.0. The number of morpholine rings is 1. The summed E-state index contributed by atoms with van der Waals surface area (Å²) >= 11 is 12.6. The summed E-state index contributed by atoms with van der Waals surface area (Å²) in [5, 5.41) is 8.73. The van der Waals surface area contributed by atoms with Crippen LogP contribution in [0.1, 0.15) is 24.4 Å². The number of amides is 1. The van der Waals surface area contributed by atoms with Crippen molar-refractivity contribution in [3.8, 4) is 0 Å². The molecule has 0 radical (unpaired) electrons. The molecule has 2 aromatic rings. The number of carbonyl (C=O) groups is 1. The standard InChI is InChI=1S/C18H19Cl2N5O2/c1-10-15(17(26)24-5-7-27-8-6-24)16(13-4-3-12(19)9-14(13)20)25-18(21-10)22-11(2)23-25/h3-4,9,16H,5-8H2,1-2H3,(H,21,22,23)/t16-/m1/s1. The maximum atomic E-state index is 13.4. The van der Waals surface area contributed by atoms with E-state index in [-0.39, 0.29) is 5.91 Å². The van der Waals surface area contributed by atoms with Crippen LogP contribution in [0.2, 0.25) is 10.0 Å². The van der Waals surface area contributed by atoms with Crippen LogP contribution in [0, 0.1) is 6.92 Å². The fourth-order valence-corrected chi connectivity index (χ4v) is 3.99. The molecule has 7 nitrogen and oxygen atoms in total. The number of halogens is 2. The predicted molar refractivity (Wildman–Crippen MR) is 103 cm³/mol. The fourth-order valence-electron chi connectivity index (χ4n) is 3.48. The van der Waals surface area contributed by atoms with Gasteiger partial charge in [-0.2, -0.15) is 10.1 Å². The Morgan fingerprint density at radius 1 is 1.26 bits per heavy atom. The van der Waals surface area contributed by atoms with Gasteiger partial charge < -0.3 is 15.0 Å². The fraction of sp³-hybridized carbons (Fsp3) is 0.389. The predicted octanol–water partition coefficient (Wildman–Crippen LogP) is 3.04. The molecule has 0 saturated carbocycles. The first kappa shape index (κ1) is 18.3. The number of hydrogen-bond donors (Lipinski definition) is 1. The van der Waals surface area contributed by atoms with E-state index in [1.54, 1.807) is 21.7 Å². The maximum Gasteiger partial charge on any atom is 0.254 e. The highest BCUT2D eigenvalue weighted by Crippen LogP contribution is 2.39. The van der Waals surface area contributed by atoms with Crippen LogP contribution in [0.4, 0.5) is 5.95 Å². The molecule has 27 heavy (non-hydrogen) atoms. The second-order valence-electron chi connectivity index (χ2n) is 6.56.